The number of fused-ring (bicyclic) bond motifs is 1. The Kier molecular flexibility index (Phi) is 5.91. The predicted molar refractivity (Wildman–Crippen MR) is 106 cm³/mol. The van der Waals surface area contributed by atoms with Crippen molar-refractivity contribution in [3.05, 3.63) is 18.2 Å². The third kappa shape index (κ3) is 4.83. The summed E-state index contributed by atoms with van der Waals surface area (Å²) in [5, 5.41) is 12.0. The number of anilines is 1. The van der Waals surface area contributed by atoms with E-state index in [0.29, 0.717) is 41.3 Å². The van der Waals surface area contributed by atoms with E-state index in [-0.39, 0.29) is 30.9 Å². The molecule has 9 nitrogen and oxygen atoms in total. The molecule has 4 rings (SSSR count). The fourth-order valence-electron chi connectivity index (χ4n) is 2.96. The Morgan fingerprint density at radius 3 is 2.86 bits per heavy atom. The molecule has 1 aliphatic heterocycles. The fourth-order valence-corrected chi connectivity index (χ4v) is 3.72. The van der Waals surface area contributed by atoms with Crippen LogP contribution in [0.2, 0.25) is 0 Å². The lowest BCUT2D eigenvalue weighted by Crippen LogP contribution is -2.37. The van der Waals surface area contributed by atoms with Gasteiger partial charge in [0.2, 0.25) is 23.7 Å². The lowest BCUT2D eigenvalue weighted by atomic mass is 10.2. The molecule has 0 spiro atoms. The predicted octanol–water partition coefficient (Wildman–Crippen LogP) is 2.15. The van der Waals surface area contributed by atoms with Crippen molar-refractivity contribution < 1.29 is 23.8 Å². The van der Waals surface area contributed by atoms with Gasteiger partial charge in [-0.25, -0.2) is 0 Å². The minimum Gasteiger partial charge on any atom is -0.454 e. The maximum absolute atomic E-state index is 12.3. The highest BCUT2D eigenvalue weighted by atomic mass is 32.1. The molecule has 1 N–H and O–H groups in total. The smallest absolute Gasteiger partial charge is 0.231 e. The van der Waals surface area contributed by atoms with Crippen molar-refractivity contribution in [2.24, 2.45) is 5.92 Å². The zero-order valence-electron chi connectivity index (χ0n) is 16.1. The molecule has 0 unspecified atom stereocenters. The molecule has 2 heterocycles. The molecule has 1 fully saturated rings. The Morgan fingerprint density at radius 2 is 2.07 bits per heavy atom. The van der Waals surface area contributed by atoms with Crippen LogP contribution in [0.15, 0.2) is 18.2 Å². The van der Waals surface area contributed by atoms with Gasteiger partial charge in [0.15, 0.2) is 11.5 Å². The second kappa shape index (κ2) is 8.75. The van der Waals surface area contributed by atoms with Gasteiger partial charge in [0.25, 0.3) is 0 Å². The number of nitrogens with one attached hydrogen (secondary N) is 1. The van der Waals surface area contributed by atoms with Crippen LogP contribution < -0.4 is 14.8 Å². The third-order valence-corrected chi connectivity index (χ3v) is 5.59. The van der Waals surface area contributed by atoms with Gasteiger partial charge in [-0.15, -0.1) is 10.2 Å². The van der Waals surface area contributed by atoms with E-state index in [1.54, 1.807) is 12.0 Å². The first-order valence-corrected chi connectivity index (χ1v) is 10.3. The largest absolute Gasteiger partial charge is 0.454 e. The van der Waals surface area contributed by atoms with Gasteiger partial charge in [-0.1, -0.05) is 11.3 Å². The molecule has 0 bridgehead atoms. The van der Waals surface area contributed by atoms with Crippen molar-refractivity contribution in [2.45, 2.75) is 19.3 Å². The number of amides is 2. The summed E-state index contributed by atoms with van der Waals surface area (Å²) in [6.07, 6.45) is 2.06. The van der Waals surface area contributed by atoms with Crippen LogP contribution in [0, 0.1) is 5.92 Å². The van der Waals surface area contributed by atoms with Crippen LogP contribution in [-0.4, -0.2) is 60.5 Å². The summed E-state index contributed by atoms with van der Waals surface area (Å²) in [5.74, 6) is 1.38. The minimum atomic E-state index is -0.204. The van der Waals surface area contributed by atoms with Crippen LogP contribution in [0.1, 0.15) is 19.3 Å². The first kappa shape index (κ1) is 19.6. The number of hydrogen-bond acceptors (Lipinski definition) is 8. The van der Waals surface area contributed by atoms with Crippen molar-refractivity contribution in [3.8, 4) is 22.1 Å². The average Bonchev–Trinajstić information content (AvgIpc) is 3.29. The van der Waals surface area contributed by atoms with Gasteiger partial charge in [-0.2, -0.15) is 0 Å². The van der Waals surface area contributed by atoms with Crippen LogP contribution in [0.5, 0.6) is 11.5 Å². The van der Waals surface area contributed by atoms with Gasteiger partial charge in [0, 0.05) is 38.1 Å². The first-order chi connectivity index (χ1) is 14.1. The van der Waals surface area contributed by atoms with Crippen LogP contribution in [0.3, 0.4) is 0 Å². The van der Waals surface area contributed by atoms with Crippen molar-refractivity contribution in [1.29, 1.82) is 0 Å². The first-order valence-electron chi connectivity index (χ1n) is 9.45. The summed E-state index contributed by atoms with van der Waals surface area (Å²) in [6.45, 7) is 1.51. The highest BCUT2D eigenvalue weighted by Crippen LogP contribution is 2.37. The van der Waals surface area contributed by atoms with Crippen LogP contribution in [-0.2, 0) is 14.3 Å². The van der Waals surface area contributed by atoms with E-state index >= 15 is 0 Å². The molecule has 154 valence electrons. The molecule has 0 saturated heterocycles. The number of ether oxygens (including phenoxy) is 3. The number of nitrogens with zero attached hydrogens (tertiary/aromatic N) is 3. The summed E-state index contributed by atoms with van der Waals surface area (Å²) < 4.78 is 15.8. The van der Waals surface area contributed by atoms with Crippen molar-refractivity contribution in [3.63, 3.8) is 0 Å². The second-order valence-electron chi connectivity index (χ2n) is 6.87. The molecular weight excluding hydrogens is 396 g/mol. The van der Waals surface area contributed by atoms with Gasteiger partial charge < -0.3 is 24.4 Å². The number of benzene rings is 1. The maximum atomic E-state index is 12.3. The summed E-state index contributed by atoms with van der Waals surface area (Å²) in [7, 11) is 1.60. The third-order valence-electron chi connectivity index (χ3n) is 4.70. The van der Waals surface area contributed by atoms with Crippen molar-refractivity contribution in [1.82, 2.24) is 15.1 Å². The Labute approximate surface area is 172 Å². The number of carbonyl (C=O) groups excluding carboxylic acids is 2. The summed E-state index contributed by atoms with van der Waals surface area (Å²) >= 11 is 1.28. The number of methoxy groups -OCH3 is 1. The number of aromatic nitrogens is 2. The molecule has 29 heavy (non-hydrogen) atoms. The fraction of sp³-hybridized carbons (Fsp3) is 0.474. The zero-order chi connectivity index (χ0) is 20.2. The Hall–Kier alpha value is -2.72. The van der Waals surface area contributed by atoms with E-state index in [4.69, 9.17) is 14.2 Å². The molecule has 1 aliphatic carbocycles. The van der Waals surface area contributed by atoms with E-state index < -0.39 is 0 Å². The second-order valence-corrected chi connectivity index (χ2v) is 7.85. The summed E-state index contributed by atoms with van der Waals surface area (Å²) in [4.78, 5) is 26.3. The van der Waals surface area contributed by atoms with E-state index in [0.717, 1.165) is 18.4 Å². The number of carbonyl (C=O) groups is 2. The van der Waals surface area contributed by atoms with Crippen LogP contribution in [0.4, 0.5) is 5.13 Å². The average molecular weight is 418 g/mol. The lowest BCUT2D eigenvalue weighted by Gasteiger charge is -2.22. The van der Waals surface area contributed by atoms with Gasteiger partial charge in [0.05, 0.1) is 6.61 Å². The lowest BCUT2D eigenvalue weighted by molar-refractivity contribution is -0.133. The van der Waals surface area contributed by atoms with E-state index in [9.17, 15) is 9.59 Å². The quantitative estimate of drug-likeness (QED) is 0.665. The normalized spacial score (nSPS) is 14.7. The zero-order valence-corrected chi connectivity index (χ0v) is 16.9. The molecule has 2 aromatic rings. The molecular formula is C19H22N4O5S. The van der Waals surface area contributed by atoms with Gasteiger partial charge in [-0.3, -0.25) is 9.59 Å². The number of hydrogen-bond donors (Lipinski definition) is 1. The molecule has 2 amide bonds. The molecule has 1 aromatic heterocycles. The van der Waals surface area contributed by atoms with E-state index in [2.05, 4.69) is 15.5 Å². The maximum Gasteiger partial charge on any atom is 0.231 e. The summed E-state index contributed by atoms with van der Waals surface area (Å²) in [5.41, 5.74) is 0.841. The molecule has 1 aromatic carbocycles. The van der Waals surface area contributed by atoms with Crippen molar-refractivity contribution >= 4 is 28.3 Å². The van der Waals surface area contributed by atoms with E-state index in [1.807, 2.05) is 18.2 Å². The topological polar surface area (TPSA) is 103 Å². The van der Waals surface area contributed by atoms with Gasteiger partial charge in [-0.05, 0) is 31.0 Å². The SMILES string of the molecule is COCCN(CCC(=O)Nc1nnc(-c2ccc3c(c2)OCO3)s1)C(=O)C1CC1. The number of rotatable bonds is 9. The van der Waals surface area contributed by atoms with Crippen LogP contribution >= 0.6 is 11.3 Å². The monoisotopic (exact) mass is 418 g/mol. The minimum absolute atomic E-state index is 0.107. The summed E-state index contributed by atoms with van der Waals surface area (Å²) in [6, 6.07) is 5.53. The van der Waals surface area contributed by atoms with Crippen molar-refractivity contribution in [2.75, 3.05) is 38.9 Å². The molecule has 0 radical (unpaired) electrons. The molecule has 2 aliphatic rings. The highest BCUT2D eigenvalue weighted by molar-refractivity contribution is 7.18. The Morgan fingerprint density at radius 1 is 1.24 bits per heavy atom. The molecule has 0 atom stereocenters. The molecule has 1 saturated carbocycles. The van der Waals surface area contributed by atoms with Gasteiger partial charge in [0.1, 0.15) is 5.01 Å². The van der Waals surface area contributed by atoms with Crippen LogP contribution in [0.25, 0.3) is 10.6 Å². The van der Waals surface area contributed by atoms with Gasteiger partial charge >= 0.3 is 0 Å². The Balaban J connectivity index is 1.32. The van der Waals surface area contributed by atoms with E-state index in [1.165, 1.54) is 11.3 Å². The molecule has 10 heteroatoms. The highest BCUT2D eigenvalue weighted by Gasteiger charge is 2.33. The standard InChI is InChI=1S/C19H22N4O5S/c1-26-9-8-23(18(25)12-2-3-12)7-6-16(24)20-19-22-21-17(29-19)13-4-5-14-15(10-13)28-11-27-14/h4-5,10,12H,2-3,6-9,11H2,1H3,(H,20,22,24). The Bertz CT molecular complexity index is 898.